The van der Waals surface area contributed by atoms with Gasteiger partial charge in [-0.25, -0.2) is 0 Å². The van der Waals surface area contributed by atoms with Crippen molar-refractivity contribution in [2.45, 2.75) is 6.42 Å². The van der Waals surface area contributed by atoms with E-state index >= 15 is 0 Å². The topological polar surface area (TPSA) is 104 Å². The number of nitro groups is 1. The molecule has 0 radical (unpaired) electrons. The summed E-state index contributed by atoms with van der Waals surface area (Å²) in [5, 5.41) is 20.4. The quantitative estimate of drug-likeness (QED) is 0.659. The van der Waals surface area contributed by atoms with Gasteiger partial charge in [-0.1, -0.05) is 11.3 Å². The van der Waals surface area contributed by atoms with Crippen molar-refractivity contribution in [2.75, 3.05) is 13.7 Å². The average molecular weight is 280 g/mol. The Morgan fingerprint density at radius 3 is 2.89 bits per heavy atom. The highest BCUT2D eigenvalue weighted by Crippen LogP contribution is 2.33. The van der Waals surface area contributed by atoms with E-state index in [1.54, 1.807) is 12.1 Å². The van der Waals surface area contributed by atoms with Crippen molar-refractivity contribution < 1.29 is 9.66 Å². The summed E-state index contributed by atoms with van der Waals surface area (Å²) < 4.78 is 5.02. The van der Waals surface area contributed by atoms with Gasteiger partial charge in [0.2, 0.25) is 0 Å². The SMILES string of the molecule is COc1cc(-c2nnc(CCN)s2)ccc1[N+](=O)[O-]. The number of ether oxygens (including phenoxy) is 1. The van der Waals surface area contributed by atoms with Gasteiger partial charge in [0.05, 0.1) is 12.0 Å². The first kappa shape index (κ1) is 13.4. The fourth-order valence-electron chi connectivity index (χ4n) is 1.56. The van der Waals surface area contributed by atoms with E-state index in [0.717, 1.165) is 10.6 Å². The lowest BCUT2D eigenvalue weighted by atomic mass is 10.2. The van der Waals surface area contributed by atoms with Crippen LogP contribution >= 0.6 is 11.3 Å². The fraction of sp³-hybridized carbons (Fsp3) is 0.273. The molecule has 8 heteroatoms. The summed E-state index contributed by atoms with van der Waals surface area (Å²) in [5.41, 5.74) is 6.12. The molecule has 2 aromatic rings. The van der Waals surface area contributed by atoms with E-state index in [-0.39, 0.29) is 11.4 Å². The van der Waals surface area contributed by atoms with Gasteiger partial charge >= 0.3 is 5.69 Å². The zero-order valence-electron chi connectivity index (χ0n) is 10.2. The minimum absolute atomic E-state index is 0.0713. The zero-order chi connectivity index (χ0) is 13.8. The molecule has 0 saturated carbocycles. The van der Waals surface area contributed by atoms with Gasteiger partial charge in [-0.05, 0) is 18.7 Å². The van der Waals surface area contributed by atoms with Crippen molar-refractivity contribution in [2.24, 2.45) is 5.73 Å². The minimum atomic E-state index is -0.484. The summed E-state index contributed by atoms with van der Waals surface area (Å²) in [6.07, 6.45) is 0.668. The Hall–Kier alpha value is -2.06. The van der Waals surface area contributed by atoms with Crippen LogP contribution in [0.15, 0.2) is 18.2 Å². The molecule has 1 aromatic carbocycles. The summed E-state index contributed by atoms with van der Waals surface area (Å²) >= 11 is 1.42. The Bertz CT molecular complexity index is 599. The Balaban J connectivity index is 2.36. The minimum Gasteiger partial charge on any atom is -0.490 e. The molecule has 0 spiro atoms. The van der Waals surface area contributed by atoms with Crippen LogP contribution in [0.5, 0.6) is 5.75 Å². The maximum absolute atomic E-state index is 10.8. The second kappa shape index (κ2) is 5.72. The van der Waals surface area contributed by atoms with Crippen LogP contribution < -0.4 is 10.5 Å². The van der Waals surface area contributed by atoms with Crippen LogP contribution in [0.2, 0.25) is 0 Å². The standard InChI is InChI=1S/C11H12N4O3S/c1-18-9-6-7(2-3-8(9)15(16)17)11-14-13-10(19-11)4-5-12/h2-3,6H,4-5,12H2,1H3. The molecule has 0 amide bonds. The van der Waals surface area contributed by atoms with Crippen LogP contribution in [0.3, 0.4) is 0 Å². The van der Waals surface area contributed by atoms with Gasteiger partial charge in [0.15, 0.2) is 5.75 Å². The molecule has 1 aromatic heterocycles. The van der Waals surface area contributed by atoms with Gasteiger partial charge in [0, 0.05) is 18.1 Å². The molecule has 1 heterocycles. The summed E-state index contributed by atoms with van der Waals surface area (Å²) in [7, 11) is 1.39. The van der Waals surface area contributed by atoms with Gasteiger partial charge < -0.3 is 10.5 Å². The highest BCUT2D eigenvalue weighted by atomic mass is 32.1. The van der Waals surface area contributed by atoms with Crippen molar-refractivity contribution in [1.82, 2.24) is 10.2 Å². The molecule has 7 nitrogen and oxygen atoms in total. The number of hydrogen-bond donors (Lipinski definition) is 1. The molecular weight excluding hydrogens is 268 g/mol. The highest BCUT2D eigenvalue weighted by Gasteiger charge is 2.16. The lowest BCUT2D eigenvalue weighted by Gasteiger charge is -2.02. The van der Waals surface area contributed by atoms with Crippen LogP contribution in [0, 0.1) is 10.1 Å². The maximum Gasteiger partial charge on any atom is 0.310 e. The third kappa shape index (κ3) is 2.85. The molecule has 0 saturated heterocycles. The van der Waals surface area contributed by atoms with E-state index in [1.807, 2.05) is 0 Å². The molecule has 0 bridgehead atoms. The number of nitro benzene ring substituents is 1. The summed E-state index contributed by atoms with van der Waals surface area (Å²) in [5.74, 6) is 0.207. The molecule has 0 aliphatic rings. The number of rotatable bonds is 5. The summed E-state index contributed by atoms with van der Waals surface area (Å²) in [4.78, 5) is 10.3. The number of methoxy groups -OCH3 is 1. The van der Waals surface area contributed by atoms with Gasteiger partial charge in [0.1, 0.15) is 10.0 Å². The number of nitrogens with two attached hydrogens (primary N) is 1. The largest absolute Gasteiger partial charge is 0.490 e. The van der Waals surface area contributed by atoms with E-state index in [1.165, 1.54) is 24.5 Å². The molecule has 100 valence electrons. The molecular formula is C11H12N4O3S. The van der Waals surface area contributed by atoms with Crippen LogP contribution in [0.1, 0.15) is 5.01 Å². The van der Waals surface area contributed by atoms with Gasteiger partial charge in [-0.2, -0.15) is 0 Å². The van der Waals surface area contributed by atoms with Crippen molar-refractivity contribution in [3.8, 4) is 16.3 Å². The molecule has 19 heavy (non-hydrogen) atoms. The predicted octanol–water partition coefficient (Wildman–Crippen LogP) is 1.62. The second-order valence-electron chi connectivity index (χ2n) is 3.68. The summed E-state index contributed by atoms with van der Waals surface area (Å²) in [6, 6.07) is 4.62. The predicted molar refractivity (Wildman–Crippen MR) is 71.3 cm³/mol. The van der Waals surface area contributed by atoms with Crippen LogP contribution in [-0.4, -0.2) is 28.8 Å². The number of benzene rings is 1. The first-order valence-corrected chi connectivity index (χ1v) is 6.32. The highest BCUT2D eigenvalue weighted by molar-refractivity contribution is 7.14. The number of nitrogens with zero attached hydrogens (tertiary/aromatic N) is 3. The van der Waals surface area contributed by atoms with E-state index in [9.17, 15) is 10.1 Å². The first-order chi connectivity index (χ1) is 9.15. The molecule has 0 atom stereocenters. The molecule has 0 unspecified atom stereocenters. The van der Waals surface area contributed by atoms with E-state index in [4.69, 9.17) is 10.5 Å². The average Bonchev–Trinajstić information content (AvgIpc) is 2.87. The van der Waals surface area contributed by atoms with Crippen molar-refractivity contribution in [3.63, 3.8) is 0 Å². The van der Waals surface area contributed by atoms with Gasteiger partial charge in [-0.15, -0.1) is 10.2 Å². The Kier molecular flexibility index (Phi) is 4.03. The Labute approximate surface area is 113 Å². The zero-order valence-corrected chi connectivity index (χ0v) is 11.0. The smallest absolute Gasteiger partial charge is 0.310 e. The van der Waals surface area contributed by atoms with Crippen molar-refractivity contribution >= 4 is 17.0 Å². The third-order valence-electron chi connectivity index (χ3n) is 2.45. The van der Waals surface area contributed by atoms with E-state index < -0.39 is 4.92 Å². The molecule has 0 aliphatic carbocycles. The molecule has 2 rings (SSSR count). The van der Waals surface area contributed by atoms with Crippen molar-refractivity contribution in [3.05, 3.63) is 33.3 Å². The fourth-order valence-corrected chi connectivity index (χ4v) is 2.41. The molecule has 2 N–H and O–H groups in total. The maximum atomic E-state index is 10.8. The molecule has 0 aliphatic heterocycles. The Morgan fingerprint density at radius 1 is 1.47 bits per heavy atom. The van der Waals surface area contributed by atoms with Crippen LogP contribution in [0.25, 0.3) is 10.6 Å². The van der Waals surface area contributed by atoms with E-state index in [2.05, 4.69) is 10.2 Å². The lowest BCUT2D eigenvalue weighted by Crippen LogP contribution is -2.01. The third-order valence-corrected chi connectivity index (χ3v) is 3.48. The van der Waals surface area contributed by atoms with Crippen molar-refractivity contribution in [1.29, 1.82) is 0 Å². The first-order valence-electron chi connectivity index (χ1n) is 5.51. The monoisotopic (exact) mass is 280 g/mol. The van der Waals surface area contributed by atoms with E-state index in [0.29, 0.717) is 18.0 Å². The second-order valence-corrected chi connectivity index (χ2v) is 4.75. The molecule has 0 fully saturated rings. The Morgan fingerprint density at radius 2 is 2.26 bits per heavy atom. The number of hydrogen-bond acceptors (Lipinski definition) is 7. The summed E-state index contributed by atoms with van der Waals surface area (Å²) in [6.45, 7) is 0.512. The van der Waals surface area contributed by atoms with Gasteiger partial charge in [0.25, 0.3) is 0 Å². The normalized spacial score (nSPS) is 10.4. The van der Waals surface area contributed by atoms with Crippen LogP contribution in [0.4, 0.5) is 5.69 Å². The number of aromatic nitrogens is 2. The van der Waals surface area contributed by atoms with Crippen LogP contribution in [-0.2, 0) is 6.42 Å². The lowest BCUT2D eigenvalue weighted by molar-refractivity contribution is -0.385. The van der Waals surface area contributed by atoms with Gasteiger partial charge in [-0.3, -0.25) is 10.1 Å².